The van der Waals surface area contributed by atoms with E-state index in [9.17, 15) is 9.90 Å². The molecule has 0 aromatic heterocycles. The van der Waals surface area contributed by atoms with Crippen LogP contribution in [0.5, 0.6) is 0 Å². The van der Waals surface area contributed by atoms with Gasteiger partial charge in [-0.05, 0) is 93.8 Å². The number of carbonyl (C=O) groups excluding carboxylic acids is 1. The Kier molecular flexibility index (Phi) is 4.02. The summed E-state index contributed by atoms with van der Waals surface area (Å²) in [6, 6.07) is 0. The van der Waals surface area contributed by atoms with Crippen molar-refractivity contribution in [2.45, 2.75) is 90.2 Å². The molecule has 0 radical (unpaired) electrons. The number of aliphatic hydroxyl groups is 1. The number of aliphatic hydroxyl groups excluding tert-OH is 1. The Bertz CT molecular complexity index is 520. The van der Waals surface area contributed by atoms with Crippen molar-refractivity contribution in [3.63, 3.8) is 0 Å². The van der Waals surface area contributed by atoms with Crippen molar-refractivity contribution in [1.29, 1.82) is 0 Å². The molecule has 136 valence electrons. The van der Waals surface area contributed by atoms with Gasteiger partial charge in [0.05, 0.1) is 6.10 Å². The number of fused-ring (bicyclic) bond motifs is 5. The number of amides is 1. The summed E-state index contributed by atoms with van der Waals surface area (Å²) in [5, 5.41) is 10.1. The van der Waals surface area contributed by atoms with E-state index in [1.54, 1.807) is 6.92 Å². The molecule has 7 atom stereocenters. The van der Waals surface area contributed by atoms with Gasteiger partial charge in [0, 0.05) is 19.0 Å². The topological polar surface area (TPSA) is 40.5 Å². The summed E-state index contributed by atoms with van der Waals surface area (Å²) in [6.07, 6.45) is 10.8. The Morgan fingerprint density at radius 2 is 1.83 bits per heavy atom. The number of nitrogens with zero attached hydrogens (tertiary/aromatic N) is 1. The first-order chi connectivity index (χ1) is 11.4. The van der Waals surface area contributed by atoms with E-state index in [2.05, 4.69) is 18.7 Å². The van der Waals surface area contributed by atoms with Crippen LogP contribution in [0.3, 0.4) is 0 Å². The van der Waals surface area contributed by atoms with Gasteiger partial charge in [0.15, 0.2) is 0 Å². The number of rotatable bonds is 0. The molecule has 3 unspecified atom stereocenters. The third kappa shape index (κ3) is 2.29. The van der Waals surface area contributed by atoms with E-state index in [1.807, 2.05) is 0 Å². The number of hydrogen-bond donors (Lipinski definition) is 1. The summed E-state index contributed by atoms with van der Waals surface area (Å²) in [5.74, 6) is 3.30. The summed E-state index contributed by atoms with van der Waals surface area (Å²) >= 11 is 0. The molecule has 4 rings (SSSR count). The smallest absolute Gasteiger partial charge is 0.219 e. The first-order valence-corrected chi connectivity index (χ1v) is 10.3. The van der Waals surface area contributed by atoms with Gasteiger partial charge in [-0.2, -0.15) is 0 Å². The Balaban J connectivity index is 1.63. The van der Waals surface area contributed by atoms with Crippen LogP contribution in [0.15, 0.2) is 0 Å². The zero-order valence-corrected chi connectivity index (χ0v) is 15.8. The average molecular weight is 334 g/mol. The highest BCUT2D eigenvalue weighted by Crippen LogP contribution is 2.63. The predicted molar refractivity (Wildman–Crippen MR) is 95.4 cm³/mol. The van der Waals surface area contributed by atoms with Crippen LogP contribution in [0, 0.1) is 29.1 Å². The van der Waals surface area contributed by atoms with Crippen molar-refractivity contribution in [2.75, 3.05) is 6.54 Å². The maximum absolute atomic E-state index is 12.2. The van der Waals surface area contributed by atoms with Gasteiger partial charge >= 0.3 is 0 Å². The number of hydrogen-bond acceptors (Lipinski definition) is 2. The first-order valence-electron chi connectivity index (χ1n) is 10.3. The number of piperidine rings is 1. The molecule has 0 bridgehead atoms. The van der Waals surface area contributed by atoms with Crippen molar-refractivity contribution in [3.8, 4) is 0 Å². The Labute approximate surface area is 147 Å². The van der Waals surface area contributed by atoms with Crippen LogP contribution in [0.2, 0.25) is 0 Å². The highest BCUT2D eigenvalue weighted by molar-refractivity contribution is 5.74. The van der Waals surface area contributed by atoms with Gasteiger partial charge in [-0.15, -0.1) is 0 Å². The maximum atomic E-state index is 12.2. The highest BCUT2D eigenvalue weighted by Gasteiger charge is 2.59. The molecule has 1 amide bonds. The van der Waals surface area contributed by atoms with Crippen LogP contribution in [0.4, 0.5) is 0 Å². The number of carbonyl (C=O) groups is 1. The summed E-state index contributed by atoms with van der Waals surface area (Å²) in [7, 11) is 0. The van der Waals surface area contributed by atoms with E-state index in [0.29, 0.717) is 11.3 Å². The van der Waals surface area contributed by atoms with Crippen LogP contribution >= 0.6 is 0 Å². The lowest BCUT2D eigenvalue weighted by atomic mass is 9.45. The van der Waals surface area contributed by atoms with Crippen LogP contribution in [-0.2, 0) is 4.79 Å². The molecule has 3 heteroatoms. The molecule has 1 heterocycles. The van der Waals surface area contributed by atoms with Gasteiger partial charge in [-0.3, -0.25) is 4.79 Å². The van der Waals surface area contributed by atoms with E-state index in [4.69, 9.17) is 0 Å². The Morgan fingerprint density at radius 3 is 2.58 bits per heavy atom. The normalized spacial score (nSPS) is 51.3. The lowest BCUT2D eigenvalue weighted by Gasteiger charge is -2.64. The molecule has 24 heavy (non-hydrogen) atoms. The van der Waals surface area contributed by atoms with Crippen LogP contribution in [0.25, 0.3) is 0 Å². The van der Waals surface area contributed by atoms with Gasteiger partial charge < -0.3 is 10.0 Å². The summed E-state index contributed by atoms with van der Waals surface area (Å²) in [5.41, 5.74) is 0.532. The standard InChI is InChI=1S/C21H35NO2/c1-14(23)22-12-4-5-19-17-7-6-15-13-16(24)8-10-20(15,2)18(17)9-11-21(19,22)3/h15-19,24H,4-13H2,1-3H3/t15-,16-,17?,18?,19?,20+,21+/m1/s1. The monoisotopic (exact) mass is 333 g/mol. The zero-order valence-electron chi connectivity index (χ0n) is 15.8. The van der Waals surface area contributed by atoms with E-state index >= 15 is 0 Å². The van der Waals surface area contributed by atoms with Crippen molar-refractivity contribution in [1.82, 2.24) is 4.90 Å². The lowest BCUT2D eigenvalue weighted by Crippen LogP contribution is -2.64. The van der Waals surface area contributed by atoms with Crippen molar-refractivity contribution >= 4 is 5.91 Å². The second-order valence-electron chi connectivity index (χ2n) is 9.79. The minimum absolute atomic E-state index is 0.0589. The molecule has 4 fully saturated rings. The minimum Gasteiger partial charge on any atom is -0.393 e. The molecule has 3 nitrogen and oxygen atoms in total. The number of likely N-dealkylation sites (tertiary alicyclic amines) is 1. The third-order valence-corrected chi connectivity index (χ3v) is 8.89. The van der Waals surface area contributed by atoms with Gasteiger partial charge in [0.25, 0.3) is 0 Å². The second-order valence-corrected chi connectivity index (χ2v) is 9.79. The van der Waals surface area contributed by atoms with Crippen molar-refractivity contribution < 1.29 is 9.90 Å². The van der Waals surface area contributed by atoms with Crippen LogP contribution < -0.4 is 0 Å². The molecule has 3 aliphatic carbocycles. The summed E-state index contributed by atoms with van der Waals surface area (Å²) in [6.45, 7) is 7.65. The molecule has 1 saturated heterocycles. The molecule has 0 spiro atoms. The lowest BCUT2D eigenvalue weighted by molar-refractivity contribution is -0.165. The van der Waals surface area contributed by atoms with Crippen LogP contribution in [-0.4, -0.2) is 34.1 Å². The SMILES string of the molecule is CC(=O)N1CCCC2C3CC[C@@H]4C[C@H](O)CC[C@]4(C)C3CC[C@@]21C. The average Bonchev–Trinajstić information content (AvgIpc) is 2.54. The molecule has 4 aliphatic rings. The highest BCUT2D eigenvalue weighted by atomic mass is 16.3. The van der Waals surface area contributed by atoms with Gasteiger partial charge in [-0.1, -0.05) is 6.92 Å². The Hall–Kier alpha value is -0.570. The predicted octanol–water partition coefficient (Wildman–Crippen LogP) is 3.99. The fraction of sp³-hybridized carbons (Fsp3) is 0.952. The first kappa shape index (κ1) is 16.9. The van der Waals surface area contributed by atoms with Crippen molar-refractivity contribution in [2.24, 2.45) is 29.1 Å². The third-order valence-electron chi connectivity index (χ3n) is 8.89. The van der Waals surface area contributed by atoms with E-state index in [-0.39, 0.29) is 17.6 Å². The largest absolute Gasteiger partial charge is 0.393 e. The molecule has 0 aromatic rings. The summed E-state index contributed by atoms with van der Waals surface area (Å²) in [4.78, 5) is 14.5. The van der Waals surface area contributed by atoms with E-state index in [1.165, 1.54) is 44.9 Å². The van der Waals surface area contributed by atoms with Crippen LogP contribution in [0.1, 0.15) is 78.6 Å². The zero-order chi connectivity index (χ0) is 17.1. The van der Waals surface area contributed by atoms with E-state index in [0.717, 1.165) is 37.1 Å². The molecule has 3 saturated carbocycles. The fourth-order valence-electron chi connectivity index (χ4n) is 7.64. The molecular weight excluding hydrogens is 298 g/mol. The second kappa shape index (κ2) is 5.72. The minimum atomic E-state index is -0.0589. The quantitative estimate of drug-likeness (QED) is 0.728. The van der Waals surface area contributed by atoms with Gasteiger partial charge in [0.2, 0.25) is 5.91 Å². The molecule has 1 aliphatic heterocycles. The molecule has 0 aromatic carbocycles. The van der Waals surface area contributed by atoms with Crippen molar-refractivity contribution in [3.05, 3.63) is 0 Å². The molecular formula is C21H35NO2. The van der Waals surface area contributed by atoms with Gasteiger partial charge in [0.1, 0.15) is 0 Å². The fourth-order valence-corrected chi connectivity index (χ4v) is 7.64. The van der Waals surface area contributed by atoms with Gasteiger partial charge in [-0.25, -0.2) is 0 Å². The summed E-state index contributed by atoms with van der Waals surface area (Å²) < 4.78 is 0. The maximum Gasteiger partial charge on any atom is 0.219 e. The molecule has 1 N–H and O–H groups in total. The Morgan fingerprint density at radius 1 is 1.04 bits per heavy atom. The van der Waals surface area contributed by atoms with E-state index < -0.39 is 0 Å².